The van der Waals surface area contributed by atoms with Crippen LogP contribution >= 0.6 is 0 Å². The standard InChI is InChI=1S/C25H26N2O3/c1-17-13-18(2)15-21(14-17)30-16-24(28)27-23-12-8-7-11-22(23)25(29)26-19(3)20-9-5-4-6-10-20/h4-15,19H,16H2,1-3H3,(H,26,29)(H,27,28). The Labute approximate surface area is 177 Å². The largest absolute Gasteiger partial charge is 0.484 e. The highest BCUT2D eigenvalue weighted by Crippen LogP contribution is 2.19. The molecule has 0 fully saturated rings. The summed E-state index contributed by atoms with van der Waals surface area (Å²) in [4.78, 5) is 25.2. The van der Waals surface area contributed by atoms with Gasteiger partial charge in [-0.3, -0.25) is 9.59 Å². The van der Waals surface area contributed by atoms with Crippen LogP contribution in [0.4, 0.5) is 5.69 Å². The van der Waals surface area contributed by atoms with Crippen molar-refractivity contribution in [2.24, 2.45) is 0 Å². The summed E-state index contributed by atoms with van der Waals surface area (Å²) in [5.41, 5.74) is 4.00. The summed E-state index contributed by atoms with van der Waals surface area (Å²) in [6.07, 6.45) is 0. The molecule has 2 N–H and O–H groups in total. The van der Waals surface area contributed by atoms with E-state index in [1.54, 1.807) is 24.3 Å². The van der Waals surface area contributed by atoms with E-state index in [0.717, 1.165) is 16.7 Å². The van der Waals surface area contributed by atoms with Crippen molar-refractivity contribution in [1.82, 2.24) is 5.32 Å². The van der Waals surface area contributed by atoms with Gasteiger partial charge in [-0.1, -0.05) is 48.5 Å². The number of carbonyl (C=O) groups is 2. The van der Waals surface area contributed by atoms with Crippen LogP contribution in [0.2, 0.25) is 0 Å². The SMILES string of the molecule is Cc1cc(C)cc(OCC(=O)Nc2ccccc2C(=O)NC(C)c2ccccc2)c1. The normalized spacial score (nSPS) is 11.4. The van der Waals surface area contributed by atoms with E-state index >= 15 is 0 Å². The number of para-hydroxylation sites is 1. The molecule has 0 aliphatic carbocycles. The number of hydrogen-bond donors (Lipinski definition) is 2. The lowest BCUT2D eigenvalue weighted by Crippen LogP contribution is -2.28. The van der Waals surface area contributed by atoms with Gasteiger partial charge in [0.25, 0.3) is 11.8 Å². The Morgan fingerprint density at radius 1 is 0.900 bits per heavy atom. The molecule has 5 heteroatoms. The second-order valence-electron chi connectivity index (χ2n) is 7.31. The van der Waals surface area contributed by atoms with E-state index in [-0.39, 0.29) is 24.5 Å². The summed E-state index contributed by atoms with van der Waals surface area (Å²) in [6, 6.07) is 22.3. The van der Waals surface area contributed by atoms with E-state index in [2.05, 4.69) is 10.6 Å². The highest BCUT2D eigenvalue weighted by molar-refractivity contribution is 6.04. The smallest absolute Gasteiger partial charge is 0.262 e. The lowest BCUT2D eigenvalue weighted by atomic mass is 10.1. The second kappa shape index (κ2) is 9.74. The molecule has 5 nitrogen and oxygen atoms in total. The van der Waals surface area contributed by atoms with Gasteiger partial charge >= 0.3 is 0 Å². The molecule has 0 aromatic heterocycles. The summed E-state index contributed by atoms with van der Waals surface area (Å²) < 4.78 is 5.61. The van der Waals surface area contributed by atoms with Gasteiger partial charge in [0, 0.05) is 0 Å². The highest BCUT2D eigenvalue weighted by Gasteiger charge is 2.16. The van der Waals surface area contributed by atoms with Crippen LogP contribution in [-0.2, 0) is 4.79 Å². The van der Waals surface area contributed by atoms with Crippen LogP contribution in [0, 0.1) is 13.8 Å². The molecule has 2 amide bonds. The lowest BCUT2D eigenvalue weighted by molar-refractivity contribution is -0.118. The van der Waals surface area contributed by atoms with Crippen molar-refractivity contribution in [1.29, 1.82) is 0 Å². The number of rotatable bonds is 7. The molecule has 0 saturated carbocycles. The monoisotopic (exact) mass is 402 g/mol. The minimum atomic E-state index is -0.328. The zero-order chi connectivity index (χ0) is 21.5. The second-order valence-corrected chi connectivity index (χ2v) is 7.31. The summed E-state index contributed by atoms with van der Waals surface area (Å²) in [5.74, 6) is 0.0633. The first-order chi connectivity index (χ1) is 14.4. The number of ether oxygens (including phenoxy) is 1. The average molecular weight is 402 g/mol. The van der Waals surface area contributed by atoms with Crippen molar-refractivity contribution in [3.05, 3.63) is 95.1 Å². The van der Waals surface area contributed by atoms with Crippen molar-refractivity contribution in [3.63, 3.8) is 0 Å². The maximum Gasteiger partial charge on any atom is 0.262 e. The molecule has 0 radical (unpaired) electrons. The van der Waals surface area contributed by atoms with Gasteiger partial charge in [0.2, 0.25) is 0 Å². The van der Waals surface area contributed by atoms with E-state index in [4.69, 9.17) is 4.74 Å². The molecule has 154 valence electrons. The molecule has 3 aromatic rings. The fourth-order valence-electron chi connectivity index (χ4n) is 3.24. The van der Waals surface area contributed by atoms with E-state index in [0.29, 0.717) is 17.0 Å². The molecule has 1 atom stereocenters. The van der Waals surface area contributed by atoms with Crippen LogP contribution < -0.4 is 15.4 Å². The van der Waals surface area contributed by atoms with E-state index in [1.165, 1.54) is 0 Å². The molecule has 1 unspecified atom stereocenters. The molecule has 0 aliphatic heterocycles. The van der Waals surface area contributed by atoms with Gasteiger partial charge in [0.15, 0.2) is 6.61 Å². The van der Waals surface area contributed by atoms with Crippen molar-refractivity contribution >= 4 is 17.5 Å². The minimum Gasteiger partial charge on any atom is -0.484 e. The quantitative estimate of drug-likeness (QED) is 0.596. The summed E-state index contributed by atoms with van der Waals surface area (Å²) in [7, 11) is 0. The fourth-order valence-corrected chi connectivity index (χ4v) is 3.24. The van der Waals surface area contributed by atoms with Crippen molar-refractivity contribution in [3.8, 4) is 5.75 Å². The van der Waals surface area contributed by atoms with E-state index < -0.39 is 0 Å². The topological polar surface area (TPSA) is 67.4 Å². The zero-order valence-electron chi connectivity index (χ0n) is 17.4. The number of nitrogens with one attached hydrogen (secondary N) is 2. The molecule has 0 saturated heterocycles. The van der Waals surface area contributed by atoms with Gasteiger partial charge < -0.3 is 15.4 Å². The van der Waals surface area contributed by atoms with Crippen LogP contribution in [0.5, 0.6) is 5.75 Å². The molecule has 0 bridgehead atoms. The number of benzene rings is 3. The predicted molar refractivity (Wildman–Crippen MR) is 119 cm³/mol. The van der Waals surface area contributed by atoms with Crippen molar-refractivity contribution in [2.45, 2.75) is 26.8 Å². The van der Waals surface area contributed by atoms with Gasteiger partial charge in [0.1, 0.15) is 5.75 Å². The third kappa shape index (κ3) is 5.70. The van der Waals surface area contributed by atoms with Gasteiger partial charge in [-0.2, -0.15) is 0 Å². The zero-order valence-corrected chi connectivity index (χ0v) is 17.4. The minimum absolute atomic E-state index is 0.140. The Balaban J connectivity index is 1.64. The van der Waals surface area contributed by atoms with Crippen LogP contribution in [0.15, 0.2) is 72.8 Å². The maximum atomic E-state index is 12.8. The fraction of sp³-hybridized carbons (Fsp3) is 0.200. The van der Waals surface area contributed by atoms with Gasteiger partial charge in [-0.05, 0) is 61.7 Å². The molecular weight excluding hydrogens is 376 g/mol. The highest BCUT2D eigenvalue weighted by atomic mass is 16.5. The van der Waals surface area contributed by atoms with Gasteiger partial charge in [0.05, 0.1) is 17.3 Å². The number of anilines is 1. The van der Waals surface area contributed by atoms with Gasteiger partial charge in [-0.15, -0.1) is 0 Å². The first-order valence-corrected chi connectivity index (χ1v) is 9.88. The lowest BCUT2D eigenvalue weighted by Gasteiger charge is -2.16. The first kappa shape index (κ1) is 21.1. The maximum absolute atomic E-state index is 12.8. The Morgan fingerprint density at radius 3 is 2.23 bits per heavy atom. The Morgan fingerprint density at radius 2 is 1.53 bits per heavy atom. The molecule has 0 aliphatic rings. The molecule has 30 heavy (non-hydrogen) atoms. The number of amides is 2. The summed E-state index contributed by atoms with van der Waals surface area (Å²) >= 11 is 0. The van der Waals surface area contributed by atoms with E-state index in [9.17, 15) is 9.59 Å². The molecule has 3 aromatic carbocycles. The summed E-state index contributed by atoms with van der Waals surface area (Å²) in [5, 5.41) is 5.75. The third-order valence-corrected chi connectivity index (χ3v) is 4.66. The first-order valence-electron chi connectivity index (χ1n) is 9.88. The molecule has 0 heterocycles. The number of hydrogen-bond acceptors (Lipinski definition) is 3. The molecule has 3 rings (SSSR count). The van der Waals surface area contributed by atoms with Crippen molar-refractivity contribution < 1.29 is 14.3 Å². The van der Waals surface area contributed by atoms with Crippen LogP contribution in [0.25, 0.3) is 0 Å². The van der Waals surface area contributed by atoms with Crippen LogP contribution in [0.1, 0.15) is 40.0 Å². The predicted octanol–water partition coefficient (Wildman–Crippen LogP) is 4.81. The Kier molecular flexibility index (Phi) is 6.86. The molecular formula is C25H26N2O3. The van der Waals surface area contributed by atoms with Gasteiger partial charge in [-0.25, -0.2) is 0 Å². The molecule has 0 spiro atoms. The van der Waals surface area contributed by atoms with Crippen LogP contribution in [-0.4, -0.2) is 18.4 Å². The number of aryl methyl sites for hydroxylation is 2. The van der Waals surface area contributed by atoms with E-state index in [1.807, 2.05) is 69.3 Å². The summed E-state index contributed by atoms with van der Waals surface area (Å²) in [6.45, 7) is 5.74. The van der Waals surface area contributed by atoms with Crippen LogP contribution in [0.3, 0.4) is 0 Å². The van der Waals surface area contributed by atoms with Crippen molar-refractivity contribution in [2.75, 3.05) is 11.9 Å². The Hall–Kier alpha value is -3.60. The average Bonchev–Trinajstić information content (AvgIpc) is 2.72. The third-order valence-electron chi connectivity index (χ3n) is 4.66. The Bertz CT molecular complexity index is 1010. The number of carbonyl (C=O) groups excluding carboxylic acids is 2.